The number of rotatable bonds is 1. The molecule has 0 spiro atoms. The Balaban J connectivity index is 3.07. The van der Waals surface area contributed by atoms with E-state index in [0.29, 0.717) is 0 Å². The quantitative estimate of drug-likeness (QED) is 0.543. The van der Waals surface area contributed by atoms with Crippen molar-refractivity contribution >= 4 is 0 Å². The van der Waals surface area contributed by atoms with Crippen LogP contribution < -0.4 is 0 Å². The van der Waals surface area contributed by atoms with Gasteiger partial charge in [-0.1, -0.05) is 29.7 Å². The average molecular weight is 186 g/mol. The van der Waals surface area contributed by atoms with Gasteiger partial charge in [0.2, 0.25) is 0 Å². The molecule has 0 heterocycles. The number of hydrogen-bond acceptors (Lipinski definition) is 0. The van der Waals surface area contributed by atoms with Crippen molar-refractivity contribution < 1.29 is 0 Å². The zero-order chi connectivity index (χ0) is 10.4. The zero-order valence-electron chi connectivity index (χ0n) is 9.14. The van der Waals surface area contributed by atoms with E-state index in [1.165, 1.54) is 30.4 Å². The molecule has 1 rings (SSSR count). The lowest BCUT2D eigenvalue weighted by Gasteiger charge is -2.10. The van der Waals surface area contributed by atoms with Crippen LogP contribution in [0.4, 0.5) is 0 Å². The monoisotopic (exact) mass is 186 g/mol. The molecule has 0 radical (unpaired) electrons. The summed E-state index contributed by atoms with van der Waals surface area (Å²) in [5.74, 6) is 2.81. The minimum absolute atomic E-state index is 1.06. The fraction of sp³-hybridized carbons (Fsp3) is 0.429. The summed E-state index contributed by atoms with van der Waals surface area (Å²) in [6, 6.07) is 0. The van der Waals surface area contributed by atoms with E-state index in [-0.39, 0.29) is 0 Å². The topological polar surface area (TPSA) is 0 Å². The molecule has 0 nitrogen and oxygen atoms in total. The average Bonchev–Trinajstić information content (AvgIpc) is 2.15. The fourth-order valence-electron chi connectivity index (χ4n) is 1.76. The van der Waals surface area contributed by atoms with Gasteiger partial charge in [-0.2, -0.15) is 0 Å². The van der Waals surface area contributed by atoms with Gasteiger partial charge in [0.05, 0.1) is 0 Å². The lowest BCUT2D eigenvalue weighted by molar-refractivity contribution is 0.725. The van der Waals surface area contributed by atoms with E-state index in [2.05, 4.69) is 31.1 Å². The second-order valence-electron chi connectivity index (χ2n) is 3.78. The Bertz CT molecular complexity index is 318. The van der Waals surface area contributed by atoms with Crippen molar-refractivity contribution in [2.24, 2.45) is 0 Å². The van der Waals surface area contributed by atoms with Crippen LogP contribution in [0.5, 0.6) is 0 Å². The van der Waals surface area contributed by atoms with E-state index in [0.717, 1.165) is 12.0 Å². The molecule has 0 heteroatoms. The highest BCUT2D eigenvalue weighted by molar-refractivity contribution is 5.45. The molecule has 1 aliphatic carbocycles. The molecule has 0 atom stereocenters. The van der Waals surface area contributed by atoms with Crippen molar-refractivity contribution in [3.8, 4) is 12.3 Å². The second kappa shape index (κ2) is 5.50. The summed E-state index contributed by atoms with van der Waals surface area (Å²) in [6.07, 6.45) is 16.7. The molecule has 0 aromatic rings. The molecule has 0 aromatic carbocycles. The minimum atomic E-state index is 1.06. The summed E-state index contributed by atoms with van der Waals surface area (Å²) >= 11 is 0. The Morgan fingerprint density at radius 2 is 2.07 bits per heavy atom. The van der Waals surface area contributed by atoms with Crippen molar-refractivity contribution in [2.75, 3.05) is 0 Å². The third kappa shape index (κ3) is 2.92. The maximum atomic E-state index is 5.52. The molecule has 0 unspecified atom stereocenters. The molecule has 0 saturated carbocycles. The molecule has 0 aromatic heterocycles. The van der Waals surface area contributed by atoms with Crippen molar-refractivity contribution in [3.63, 3.8) is 0 Å². The fourth-order valence-corrected chi connectivity index (χ4v) is 1.76. The van der Waals surface area contributed by atoms with Gasteiger partial charge in [0.25, 0.3) is 0 Å². The molecule has 0 fully saturated rings. The smallest absolute Gasteiger partial charge is 0.00898 e. The summed E-state index contributed by atoms with van der Waals surface area (Å²) in [6.45, 7) is 4.21. The van der Waals surface area contributed by atoms with Gasteiger partial charge in [0.15, 0.2) is 0 Å². The first kappa shape index (κ1) is 10.9. The van der Waals surface area contributed by atoms with E-state index in [9.17, 15) is 0 Å². The van der Waals surface area contributed by atoms with Gasteiger partial charge >= 0.3 is 0 Å². The van der Waals surface area contributed by atoms with Crippen LogP contribution in [-0.2, 0) is 0 Å². The van der Waals surface area contributed by atoms with E-state index in [4.69, 9.17) is 6.42 Å². The Kier molecular flexibility index (Phi) is 4.26. The highest BCUT2D eigenvalue weighted by Crippen LogP contribution is 2.22. The van der Waals surface area contributed by atoms with Gasteiger partial charge in [-0.25, -0.2) is 0 Å². The number of hydrogen-bond donors (Lipinski definition) is 0. The van der Waals surface area contributed by atoms with Crippen molar-refractivity contribution in [2.45, 2.75) is 39.5 Å². The van der Waals surface area contributed by atoms with Gasteiger partial charge in [-0.05, 0) is 45.1 Å². The lowest BCUT2D eigenvalue weighted by Crippen LogP contribution is -1.92. The number of allylic oxidation sites excluding steroid dienone is 6. The number of terminal acetylenes is 1. The van der Waals surface area contributed by atoms with E-state index in [1.54, 1.807) is 0 Å². The summed E-state index contributed by atoms with van der Waals surface area (Å²) in [4.78, 5) is 0. The van der Waals surface area contributed by atoms with Crippen LogP contribution in [-0.4, -0.2) is 0 Å². The molecular formula is C14H18. The van der Waals surface area contributed by atoms with Gasteiger partial charge in [-0.3, -0.25) is 0 Å². The standard InChI is InChI=1S/C14H18/c1-4-8-14-11-12(3)9-6-7-10-13(14)5-2/h2,4,8,11H,6-7,9-10H2,1,3H3. The molecule has 0 saturated heterocycles. The third-order valence-corrected chi connectivity index (χ3v) is 2.52. The Labute approximate surface area is 87.4 Å². The molecule has 0 amide bonds. The first-order valence-electron chi connectivity index (χ1n) is 5.27. The van der Waals surface area contributed by atoms with Crippen LogP contribution in [0.3, 0.4) is 0 Å². The largest absolute Gasteiger partial charge is 0.115 e. The van der Waals surface area contributed by atoms with Gasteiger partial charge in [0, 0.05) is 5.57 Å². The Hall–Kier alpha value is -1.22. The van der Waals surface area contributed by atoms with E-state index >= 15 is 0 Å². The van der Waals surface area contributed by atoms with Crippen LogP contribution in [0.25, 0.3) is 0 Å². The highest BCUT2D eigenvalue weighted by atomic mass is 14.1. The molecule has 0 N–H and O–H groups in total. The highest BCUT2D eigenvalue weighted by Gasteiger charge is 2.04. The maximum Gasteiger partial charge on any atom is 0.00898 e. The van der Waals surface area contributed by atoms with Crippen LogP contribution in [0.15, 0.2) is 34.9 Å². The molecule has 14 heavy (non-hydrogen) atoms. The Morgan fingerprint density at radius 1 is 1.36 bits per heavy atom. The molecular weight excluding hydrogens is 168 g/mol. The molecule has 0 bridgehead atoms. The van der Waals surface area contributed by atoms with E-state index < -0.39 is 0 Å². The summed E-state index contributed by atoms with van der Waals surface area (Å²) in [5, 5.41) is 0. The van der Waals surface area contributed by atoms with Gasteiger partial charge in [-0.15, -0.1) is 6.42 Å². The van der Waals surface area contributed by atoms with E-state index in [1.807, 2.05) is 6.92 Å². The summed E-state index contributed by atoms with van der Waals surface area (Å²) in [7, 11) is 0. The third-order valence-electron chi connectivity index (χ3n) is 2.52. The zero-order valence-corrected chi connectivity index (χ0v) is 9.14. The molecule has 74 valence electrons. The minimum Gasteiger partial charge on any atom is -0.115 e. The SMILES string of the molecule is C#CC1=C(C=CC)C=C(C)CCCC1. The Morgan fingerprint density at radius 3 is 2.71 bits per heavy atom. The van der Waals surface area contributed by atoms with Crippen LogP contribution in [0.1, 0.15) is 39.5 Å². The van der Waals surface area contributed by atoms with Gasteiger partial charge in [0.1, 0.15) is 0 Å². The van der Waals surface area contributed by atoms with Crippen LogP contribution in [0, 0.1) is 12.3 Å². The molecule has 0 aliphatic heterocycles. The molecule has 1 aliphatic rings. The van der Waals surface area contributed by atoms with Crippen molar-refractivity contribution in [1.29, 1.82) is 0 Å². The maximum absolute atomic E-state index is 5.52. The lowest BCUT2D eigenvalue weighted by atomic mass is 9.95. The van der Waals surface area contributed by atoms with Crippen molar-refractivity contribution in [1.82, 2.24) is 0 Å². The summed E-state index contributed by atoms with van der Waals surface area (Å²) in [5.41, 5.74) is 3.82. The first-order chi connectivity index (χ1) is 6.77. The van der Waals surface area contributed by atoms with Crippen molar-refractivity contribution in [3.05, 3.63) is 34.9 Å². The second-order valence-corrected chi connectivity index (χ2v) is 3.78. The first-order valence-corrected chi connectivity index (χ1v) is 5.27. The normalized spacial score (nSPS) is 18.8. The van der Waals surface area contributed by atoms with Crippen LogP contribution in [0.2, 0.25) is 0 Å². The predicted molar refractivity (Wildman–Crippen MR) is 62.9 cm³/mol. The predicted octanol–water partition coefficient (Wildman–Crippen LogP) is 4.01. The summed E-state index contributed by atoms with van der Waals surface area (Å²) < 4.78 is 0. The van der Waals surface area contributed by atoms with Crippen LogP contribution >= 0.6 is 0 Å². The van der Waals surface area contributed by atoms with Gasteiger partial charge < -0.3 is 0 Å².